The van der Waals surface area contributed by atoms with E-state index in [9.17, 15) is 10.1 Å². The van der Waals surface area contributed by atoms with Crippen molar-refractivity contribution in [3.8, 4) is 17.6 Å². The number of halogens is 1. The lowest BCUT2D eigenvalue weighted by Crippen LogP contribution is -2.13. The lowest BCUT2D eigenvalue weighted by molar-refractivity contribution is -0.112. The number of nitrogens with zero attached hydrogens (tertiary/aromatic N) is 1. The number of aryl methyl sites for hydroxylation is 1. The number of carbonyl (C=O) groups excluding carboxylic acids is 1. The van der Waals surface area contributed by atoms with Gasteiger partial charge >= 0.3 is 0 Å². The number of ether oxygens (including phenoxy) is 2. The molecule has 0 atom stereocenters. The largest absolute Gasteiger partial charge is 0.493 e. The van der Waals surface area contributed by atoms with Crippen LogP contribution in [0, 0.1) is 21.8 Å². The van der Waals surface area contributed by atoms with Crippen LogP contribution in [0.25, 0.3) is 6.08 Å². The molecule has 0 unspecified atom stereocenters. The molecule has 0 bridgehead atoms. The first kappa shape index (κ1) is 22.4. The van der Waals surface area contributed by atoms with Crippen LogP contribution in [0.3, 0.4) is 0 Å². The molecule has 3 aromatic carbocycles. The monoisotopic (exact) mass is 524 g/mol. The Bertz CT molecular complexity index is 1130. The van der Waals surface area contributed by atoms with Gasteiger partial charge in [-0.25, -0.2) is 0 Å². The Morgan fingerprint density at radius 2 is 1.84 bits per heavy atom. The molecule has 0 saturated carbocycles. The molecule has 0 heterocycles. The molecule has 31 heavy (non-hydrogen) atoms. The van der Waals surface area contributed by atoms with Crippen molar-refractivity contribution in [3.63, 3.8) is 0 Å². The molecule has 3 rings (SSSR count). The van der Waals surface area contributed by atoms with Crippen LogP contribution < -0.4 is 14.8 Å². The molecule has 156 valence electrons. The number of methoxy groups -OCH3 is 1. The highest BCUT2D eigenvalue weighted by molar-refractivity contribution is 14.1. The summed E-state index contributed by atoms with van der Waals surface area (Å²) in [5.41, 5.74) is 3.43. The summed E-state index contributed by atoms with van der Waals surface area (Å²) in [4.78, 5) is 12.5. The molecule has 1 amide bonds. The number of benzene rings is 3. The number of hydrogen-bond acceptors (Lipinski definition) is 4. The van der Waals surface area contributed by atoms with Gasteiger partial charge in [0.05, 0.1) is 10.7 Å². The van der Waals surface area contributed by atoms with Gasteiger partial charge in [-0.2, -0.15) is 5.26 Å². The van der Waals surface area contributed by atoms with E-state index in [1.54, 1.807) is 25.3 Å². The third kappa shape index (κ3) is 6.09. The van der Waals surface area contributed by atoms with E-state index in [0.717, 1.165) is 14.7 Å². The lowest BCUT2D eigenvalue weighted by Gasteiger charge is -2.14. The molecular weight excluding hydrogens is 503 g/mol. The predicted molar refractivity (Wildman–Crippen MR) is 130 cm³/mol. The zero-order chi connectivity index (χ0) is 22.2. The Morgan fingerprint density at radius 1 is 1.13 bits per heavy atom. The van der Waals surface area contributed by atoms with Crippen LogP contribution in [0.4, 0.5) is 5.69 Å². The quantitative estimate of drug-likeness (QED) is 0.244. The van der Waals surface area contributed by atoms with Crippen molar-refractivity contribution in [2.24, 2.45) is 0 Å². The summed E-state index contributed by atoms with van der Waals surface area (Å²) in [6, 6.07) is 22.8. The summed E-state index contributed by atoms with van der Waals surface area (Å²) in [5, 5.41) is 12.2. The SMILES string of the molecule is COc1cc(/C=C(/C#N)C(=O)Nc2ccc(C)cc2)cc(I)c1OCc1ccccc1. The van der Waals surface area contributed by atoms with Crippen molar-refractivity contribution < 1.29 is 14.3 Å². The second-order valence-electron chi connectivity index (χ2n) is 6.80. The van der Waals surface area contributed by atoms with E-state index >= 15 is 0 Å². The zero-order valence-corrected chi connectivity index (χ0v) is 19.3. The van der Waals surface area contributed by atoms with Crippen LogP contribution in [0.5, 0.6) is 11.5 Å². The predicted octanol–water partition coefficient (Wildman–Crippen LogP) is 5.73. The third-order valence-electron chi connectivity index (χ3n) is 4.46. The highest BCUT2D eigenvalue weighted by Gasteiger charge is 2.14. The molecule has 0 fully saturated rings. The first-order chi connectivity index (χ1) is 15.0. The summed E-state index contributed by atoms with van der Waals surface area (Å²) < 4.78 is 12.3. The second-order valence-corrected chi connectivity index (χ2v) is 7.96. The molecule has 0 aromatic heterocycles. The minimum absolute atomic E-state index is 0.00335. The van der Waals surface area contributed by atoms with E-state index in [0.29, 0.717) is 29.4 Å². The Labute approximate surface area is 195 Å². The number of nitriles is 1. The van der Waals surface area contributed by atoms with Gasteiger partial charge in [0.1, 0.15) is 18.2 Å². The fraction of sp³-hybridized carbons (Fsp3) is 0.120. The topological polar surface area (TPSA) is 71.3 Å². The van der Waals surface area contributed by atoms with Crippen LogP contribution in [-0.4, -0.2) is 13.0 Å². The lowest BCUT2D eigenvalue weighted by atomic mass is 10.1. The second kappa shape index (κ2) is 10.6. The maximum absolute atomic E-state index is 12.5. The molecule has 0 spiro atoms. The molecule has 0 aliphatic carbocycles. The zero-order valence-electron chi connectivity index (χ0n) is 17.2. The number of carbonyl (C=O) groups is 1. The van der Waals surface area contributed by atoms with Crippen LogP contribution in [-0.2, 0) is 11.4 Å². The fourth-order valence-corrected chi connectivity index (χ4v) is 3.62. The summed E-state index contributed by atoms with van der Waals surface area (Å²) in [5.74, 6) is 0.682. The van der Waals surface area contributed by atoms with Crippen LogP contribution in [0.15, 0.2) is 72.3 Å². The van der Waals surface area contributed by atoms with Crippen molar-refractivity contribution in [3.05, 3.63) is 92.6 Å². The number of hydrogen-bond donors (Lipinski definition) is 1. The molecule has 3 aromatic rings. The molecule has 5 nitrogen and oxygen atoms in total. The van der Waals surface area contributed by atoms with Gasteiger partial charge in [0.2, 0.25) is 0 Å². The van der Waals surface area contributed by atoms with Gasteiger partial charge in [0, 0.05) is 5.69 Å². The maximum atomic E-state index is 12.5. The van der Waals surface area contributed by atoms with Crippen molar-refractivity contribution in [1.29, 1.82) is 5.26 Å². The smallest absolute Gasteiger partial charge is 0.266 e. The Balaban J connectivity index is 1.81. The molecular formula is C25H21IN2O3. The van der Waals surface area contributed by atoms with Gasteiger partial charge in [-0.3, -0.25) is 4.79 Å². The maximum Gasteiger partial charge on any atom is 0.266 e. The van der Waals surface area contributed by atoms with Crippen molar-refractivity contribution >= 4 is 40.3 Å². The highest BCUT2D eigenvalue weighted by Crippen LogP contribution is 2.35. The minimum Gasteiger partial charge on any atom is -0.493 e. The molecule has 1 N–H and O–H groups in total. The van der Waals surface area contributed by atoms with E-state index < -0.39 is 5.91 Å². The van der Waals surface area contributed by atoms with Gasteiger partial charge in [-0.1, -0.05) is 48.0 Å². The van der Waals surface area contributed by atoms with Crippen LogP contribution in [0.2, 0.25) is 0 Å². The molecule has 6 heteroatoms. The Kier molecular flexibility index (Phi) is 7.68. The molecule has 0 aliphatic rings. The average Bonchev–Trinajstić information content (AvgIpc) is 2.78. The standard InChI is InChI=1S/C25H21IN2O3/c1-17-8-10-21(11-9-17)28-25(29)20(15-27)12-19-13-22(26)24(23(14-19)30-2)31-16-18-6-4-3-5-7-18/h3-14H,16H2,1-2H3,(H,28,29)/b20-12-. The highest BCUT2D eigenvalue weighted by atomic mass is 127. The summed E-state index contributed by atoms with van der Waals surface area (Å²) in [6.45, 7) is 2.37. The summed E-state index contributed by atoms with van der Waals surface area (Å²) in [6.07, 6.45) is 1.54. The number of rotatable bonds is 7. The van der Waals surface area contributed by atoms with Gasteiger partial charge in [-0.15, -0.1) is 0 Å². The molecule has 0 saturated heterocycles. The molecule has 0 radical (unpaired) electrons. The van der Waals surface area contributed by atoms with E-state index in [1.807, 2.05) is 61.5 Å². The van der Waals surface area contributed by atoms with E-state index in [4.69, 9.17) is 9.47 Å². The van der Waals surface area contributed by atoms with E-state index in [-0.39, 0.29) is 5.57 Å². The first-order valence-electron chi connectivity index (χ1n) is 9.54. The number of anilines is 1. The van der Waals surface area contributed by atoms with Gasteiger partial charge < -0.3 is 14.8 Å². The van der Waals surface area contributed by atoms with Crippen molar-refractivity contribution in [1.82, 2.24) is 0 Å². The average molecular weight is 524 g/mol. The molecule has 0 aliphatic heterocycles. The van der Waals surface area contributed by atoms with E-state index in [2.05, 4.69) is 27.9 Å². The Morgan fingerprint density at radius 3 is 2.48 bits per heavy atom. The first-order valence-corrected chi connectivity index (χ1v) is 10.6. The number of amides is 1. The Hall–Kier alpha value is -3.31. The fourth-order valence-electron chi connectivity index (χ4n) is 2.84. The van der Waals surface area contributed by atoms with Gasteiger partial charge in [-0.05, 0) is 71.0 Å². The minimum atomic E-state index is -0.468. The van der Waals surface area contributed by atoms with Crippen LogP contribution >= 0.6 is 22.6 Å². The van der Waals surface area contributed by atoms with Crippen molar-refractivity contribution in [2.75, 3.05) is 12.4 Å². The van der Waals surface area contributed by atoms with Gasteiger partial charge in [0.15, 0.2) is 11.5 Å². The van der Waals surface area contributed by atoms with Crippen LogP contribution in [0.1, 0.15) is 16.7 Å². The van der Waals surface area contributed by atoms with Crippen molar-refractivity contribution in [2.45, 2.75) is 13.5 Å². The summed E-state index contributed by atoms with van der Waals surface area (Å²) >= 11 is 2.16. The van der Waals surface area contributed by atoms with Gasteiger partial charge in [0.25, 0.3) is 5.91 Å². The third-order valence-corrected chi connectivity index (χ3v) is 5.26. The van der Waals surface area contributed by atoms with E-state index in [1.165, 1.54) is 6.08 Å². The normalized spacial score (nSPS) is 10.8. The number of nitrogens with one attached hydrogen (secondary N) is 1. The summed E-state index contributed by atoms with van der Waals surface area (Å²) in [7, 11) is 1.56.